The Kier molecular flexibility index (Phi) is 5.14. The van der Waals surface area contributed by atoms with Crippen molar-refractivity contribution in [1.82, 2.24) is 10.2 Å². The van der Waals surface area contributed by atoms with Crippen molar-refractivity contribution in [2.24, 2.45) is 16.3 Å². The fraction of sp³-hybridized carbons (Fsp3) is 0.750. The molecule has 7 nitrogen and oxygen atoms in total. The first kappa shape index (κ1) is 15.3. The Bertz CT molecular complexity index is 377. The molecular weight excluding hydrogens is 248 g/mol. The first-order chi connectivity index (χ1) is 9.01. The minimum absolute atomic E-state index is 0.00360. The summed E-state index contributed by atoms with van der Waals surface area (Å²) in [6.45, 7) is 4.56. The predicted molar refractivity (Wildman–Crippen MR) is 70.6 cm³/mol. The van der Waals surface area contributed by atoms with E-state index in [0.717, 1.165) is 6.42 Å². The van der Waals surface area contributed by atoms with E-state index >= 15 is 0 Å². The molecule has 4 N–H and O–H groups in total. The first-order valence-electron chi connectivity index (χ1n) is 6.56. The number of amidine groups is 1. The summed E-state index contributed by atoms with van der Waals surface area (Å²) in [6.07, 6.45) is 1.99. The number of carbonyl (C=O) groups excluding carboxylic acids is 2. The first-order valence-corrected chi connectivity index (χ1v) is 6.56. The van der Waals surface area contributed by atoms with E-state index in [4.69, 9.17) is 10.9 Å². The fourth-order valence-electron chi connectivity index (χ4n) is 2.26. The average Bonchev–Trinajstić information content (AvgIpc) is 2.34. The molecule has 1 fully saturated rings. The van der Waals surface area contributed by atoms with Crippen molar-refractivity contribution in [2.45, 2.75) is 33.1 Å². The summed E-state index contributed by atoms with van der Waals surface area (Å²) in [5, 5.41) is 14.5. The van der Waals surface area contributed by atoms with Gasteiger partial charge >= 0.3 is 0 Å². The van der Waals surface area contributed by atoms with E-state index in [9.17, 15) is 9.59 Å². The second kappa shape index (κ2) is 6.40. The molecule has 1 saturated carbocycles. The van der Waals surface area contributed by atoms with Gasteiger partial charge in [-0.2, -0.15) is 0 Å². The van der Waals surface area contributed by atoms with Gasteiger partial charge in [0.15, 0.2) is 5.84 Å². The van der Waals surface area contributed by atoms with Gasteiger partial charge < -0.3 is 21.2 Å². The van der Waals surface area contributed by atoms with Gasteiger partial charge in [0.2, 0.25) is 11.8 Å². The van der Waals surface area contributed by atoms with Gasteiger partial charge in [0.1, 0.15) is 5.41 Å². The lowest BCUT2D eigenvalue weighted by Gasteiger charge is -2.41. The van der Waals surface area contributed by atoms with Gasteiger partial charge in [-0.15, -0.1) is 0 Å². The highest BCUT2D eigenvalue weighted by atomic mass is 16.4. The molecular formula is C12H22N4O3. The minimum atomic E-state index is -0.919. The van der Waals surface area contributed by atoms with Crippen LogP contribution in [0.15, 0.2) is 5.16 Å². The number of amides is 2. The molecule has 0 aromatic carbocycles. The Morgan fingerprint density at radius 3 is 2.42 bits per heavy atom. The van der Waals surface area contributed by atoms with Gasteiger partial charge in [-0.3, -0.25) is 9.59 Å². The van der Waals surface area contributed by atoms with Gasteiger partial charge in [-0.05, 0) is 26.7 Å². The number of carbonyl (C=O) groups is 2. The lowest BCUT2D eigenvalue weighted by atomic mass is 9.67. The normalized spacial score (nSPS) is 17.5. The third kappa shape index (κ3) is 2.97. The molecule has 0 saturated heterocycles. The zero-order chi connectivity index (χ0) is 14.5. The van der Waals surface area contributed by atoms with Crippen LogP contribution >= 0.6 is 0 Å². The second-order valence-electron chi connectivity index (χ2n) is 4.69. The standard InChI is InChI=1S/C12H22N4O3/c1-3-14-9(17)8-16(4-2)11(18)12(6-5-7-12)10(13)15-19/h19H,3-8H2,1-2H3,(H2,13,15)(H,14,17). The third-order valence-corrected chi connectivity index (χ3v) is 3.59. The van der Waals surface area contributed by atoms with Crippen molar-refractivity contribution < 1.29 is 14.8 Å². The molecule has 0 spiro atoms. The molecule has 0 aromatic rings. The smallest absolute Gasteiger partial charge is 0.239 e. The molecule has 0 unspecified atom stereocenters. The van der Waals surface area contributed by atoms with Crippen LogP contribution in [0.4, 0.5) is 0 Å². The number of likely N-dealkylation sites (N-methyl/N-ethyl adjacent to an activating group) is 2. The number of nitrogens with zero attached hydrogens (tertiary/aromatic N) is 2. The Labute approximate surface area is 112 Å². The van der Waals surface area contributed by atoms with Crippen LogP contribution < -0.4 is 11.1 Å². The second-order valence-corrected chi connectivity index (χ2v) is 4.69. The molecule has 1 aliphatic rings. The summed E-state index contributed by atoms with van der Waals surface area (Å²) in [5.41, 5.74) is 4.73. The van der Waals surface area contributed by atoms with E-state index in [1.54, 1.807) is 6.92 Å². The summed E-state index contributed by atoms with van der Waals surface area (Å²) in [5.74, 6) is -0.493. The molecule has 0 radical (unpaired) electrons. The summed E-state index contributed by atoms with van der Waals surface area (Å²) in [4.78, 5) is 25.5. The topological polar surface area (TPSA) is 108 Å². The van der Waals surface area contributed by atoms with Gasteiger partial charge in [0.25, 0.3) is 0 Å². The average molecular weight is 270 g/mol. The number of hydrogen-bond donors (Lipinski definition) is 3. The lowest BCUT2D eigenvalue weighted by molar-refractivity contribution is -0.144. The van der Waals surface area contributed by atoms with Crippen LogP contribution in [0.5, 0.6) is 0 Å². The maximum absolute atomic E-state index is 12.5. The van der Waals surface area contributed by atoms with Crippen molar-refractivity contribution >= 4 is 17.6 Å². The maximum atomic E-state index is 12.5. The molecule has 1 rings (SSSR count). The number of rotatable bonds is 6. The highest BCUT2D eigenvalue weighted by molar-refractivity contribution is 6.08. The van der Waals surface area contributed by atoms with Crippen molar-refractivity contribution in [3.63, 3.8) is 0 Å². The number of nitrogens with one attached hydrogen (secondary N) is 1. The fourth-order valence-corrected chi connectivity index (χ4v) is 2.26. The molecule has 0 aliphatic heterocycles. The molecule has 0 aromatic heterocycles. The monoisotopic (exact) mass is 270 g/mol. The summed E-state index contributed by atoms with van der Waals surface area (Å²) >= 11 is 0. The third-order valence-electron chi connectivity index (χ3n) is 3.59. The van der Waals surface area contributed by atoms with Gasteiger partial charge in [-0.25, -0.2) is 0 Å². The van der Waals surface area contributed by atoms with Crippen LogP contribution in [0.1, 0.15) is 33.1 Å². The molecule has 0 atom stereocenters. The Balaban J connectivity index is 2.80. The van der Waals surface area contributed by atoms with E-state index < -0.39 is 5.41 Å². The van der Waals surface area contributed by atoms with Crippen LogP contribution in [0, 0.1) is 5.41 Å². The molecule has 19 heavy (non-hydrogen) atoms. The molecule has 0 bridgehead atoms. The number of oxime groups is 1. The van der Waals surface area contributed by atoms with Crippen LogP contribution in [-0.2, 0) is 9.59 Å². The van der Waals surface area contributed by atoms with Crippen LogP contribution in [0.2, 0.25) is 0 Å². The van der Waals surface area contributed by atoms with Crippen molar-refractivity contribution in [1.29, 1.82) is 0 Å². The minimum Gasteiger partial charge on any atom is -0.409 e. The van der Waals surface area contributed by atoms with Gasteiger partial charge in [-0.1, -0.05) is 11.6 Å². The van der Waals surface area contributed by atoms with E-state index in [-0.39, 0.29) is 24.2 Å². The highest BCUT2D eigenvalue weighted by Gasteiger charge is 2.50. The summed E-state index contributed by atoms with van der Waals surface area (Å²) in [7, 11) is 0. The van der Waals surface area contributed by atoms with Gasteiger partial charge in [0, 0.05) is 13.1 Å². The highest BCUT2D eigenvalue weighted by Crippen LogP contribution is 2.42. The predicted octanol–water partition coefficient (Wildman–Crippen LogP) is -0.112. The van der Waals surface area contributed by atoms with Crippen LogP contribution in [0.25, 0.3) is 0 Å². The molecule has 2 amide bonds. The maximum Gasteiger partial charge on any atom is 0.239 e. The molecule has 108 valence electrons. The van der Waals surface area contributed by atoms with E-state index in [0.29, 0.717) is 25.9 Å². The van der Waals surface area contributed by atoms with Crippen LogP contribution in [-0.4, -0.2) is 47.4 Å². The Hall–Kier alpha value is -1.79. The summed E-state index contributed by atoms with van der Waals surface area (Å²) in [6, 6.07) is 0. The number of nitrogens with two attached hydrogens (primary N) is 1. The lowest BCUT2D eigenvalue weighted by Crippen LogP contribution is -2.56. The largest absolute Gasteiger partial charge is 0.409 e. The Morgan fingerprint density at radius 2 is 2.05 bits per heavy atom. The molecule has 1 aliphatic carbocycles. The van der Waals surface area contributed by atoms with Crippen molar-refractivity contribution in [3.05, 3.63) is 0 Å². The summed E-state index contributed by atoms with van der Waals surface area (Å²) < 4.78 is 0. The SMILES string of the molecule is CCNC(=O)CN(CC)C(=O)C1(C(N)=NO)CCC1. The van der Waals surface area contributed by atoms with E-state index in [1.165, 1.54) is 4.90 Å². The quantitative estimate of drug-likeness (QED) is 0.271. The Morgan fingerprint density at radius 1 is 1.42 bits per heavy atom. The zero-order valence-corrected chi connectivity index (χ0v) is 11.5. The molecule has 0 heterocycles. The van der Waals surface area contributed by atoms with Crippen molar-refractivity contribution in [3.8, 4) is 0 Å². The van der Waals surface area contributed by atoms with Crippen LogP contribution in [0.3, 0.4) is 0 Å². The zero-order valence-electron chi connectivity index (χ0n) is 11.5. The van der Waals surface area contributed by atoms with E-state index in [1.807, 2.05) is 6.92 Å². The van der Waals surface area contributed by atoms with Gasteiger partial charge in [0.05, 0.1) is 6.54 Å². The number of hydrogen-bond acceptors (Lipinski definition) is 4. The van der Waals surface area contributed by atoms with E-state index in [2.05, 4.69) is 10.5 Å². The van der Waals surface area contributed by atoms with Crippen molar-refractivity contribution in [2.75, 3.05) is 19.6 Å². The molecule has 7 heteroatoms.